The summed E-state index contributed by atoms with van der Waals surface area (Å²) in [5.41, 5.74) is -1.67. The average Bonchev–Trinajstić information content (AvgIpc) is 2.23. The summed E-state index contributed by atoms with van der Waals surface area (Å²) in [5, 5.41) is 12.3. The molecule has 2 rings (SSSR count). The van der Waals surface area contributed by atoms with Gasteiger partial charge in [-0.2, -0.15) is 5.16 Å². The van der Waals surface area contributed by atoms with Crippen molar-refractivity contribution in [2.24, 2.45) is 0 Å². The zero-order valence-electron chi connectivity index (χ0n) is 7.22. The zero-order chi connectivity index (χ0) is 11.0. The Morgan fingerprint density at radius 1 is 1.27 bits per heavy atom. The van der Waals surface area contributed by atoms with Gasteiger partial charge in [0, 0.05) is 12.1 Å². The number of hydrogen-bond acceptors (Lipinski definition) is 5. The van der Waals surface area contributed by atoms with E-state index in [-0.39, 0.29) is 16.5 Å². The zero-order valence-corrected chi connectivity index (χ0v) is 7.22. The van der Waals surface area contributed by atoms with Crippen LogP contribution < -0.4 is 11.2 Å². The molecule has 0 radical (unpaired) electrons. The monoisotopic (exact) mass is 208 g/mol. The van der Waals surface area contributed by atoms with E-state index in [1.54, 1.807) is 0 Å². The minimum Gasteiger partial charge on any atom is -0.335 e. The van der Waals surface area contributed by atoms with E-state index in [4.69, 9.17) is 0 Å². The third-order valence-electron chi connectivity index (χ3n) is 1.91. The van der Waals surface area contributed by atoms with Crippen LogP contribution in [0.2, 0.25) is 0 Å². The quantitative estimate of drug-likeness (QED) is 0.538. The highest BCUT2D eigenvalue weighted by Crippen LogP contribution is 2.14. The van der Waals surface area contributed by atoms with Crippen LogP contribution in [0.1, 0.15) is 0 Å². The van der Waals surface area contributed by atoms with Gasteiger partial charge in [0.25, 0.3) is 11.2 Å². The standard InChI is InChI=1S/C8H4N2O5/c11-7-5-2-1-4(10(13)14)3-6(5)8(12)15-9-7/h1-3H,(H,9,11). The fourth-order valence-electron chi connectivity index (χ4n) is 1.22. The number of nitro groups is 1. The molecule has 15 heavy (non-hydrogen) atoms. The number of fused-ring (bicyclic) bond motifs is 1. The van der Waals surface area contributed by atoms with Crippen molar-refractivity contribution in [1.82, 2.24) is 5.16 Å². The fourth-order valence-corrected chi connectivity index (χ4v) is 1.22. The molecule has 0 spiro atoms. The van der Waals surface area contributed by atoms with E-state index in [0.717, 1.165) is 12.1 Å². The molecule has 0 atom stereocenters. The molecule has 0 saturated carbocycles. The van der Waals surface area contributed by atoms with Gasteiger partial charge in [-0.15, -0.1) is 0 Å². The summed E-state index contributed by atoms with van der Waals surface area (Å²) in [6.45, 7) is 0. The minimum atomic E-state index is -0.812. The Morgan fingerprint density at radius 3 is 2.67 bits per heavy atom. The maximum Gasteiger partial charge on any atom is 0.364 e. The number of nitrogens with zero attached hydrogens (tertiary/aromatic N) is 1. The summed E-state index contributed by atoms with van der Waals surface area (Å²) < 4.78 is 4.29. The maximum atomic E-state index is 11.2. The van der Waals surface area contributed by atoms with Crippen LogP contribution in [0.3, 0.4) is 0 Å². The van der Waals surface area contributed by atoms with Crippen molar-refractivity contribution >= 4 is 16.5 Å². The van der Waals surface area contributed by atoms with E-state index in [0.29, 0.717) is 0 Å². The van der Waals surface area contributed by atoms with E-state index < -0.39 is 16.1 Å². The molecular weight excluding hydrogens is 204 g/mol. The van der Waals surface area contributed by atoms with Gasteiger partial charge < -0.3 is 4.52 Å². The molecule has 1 aromatic heterocycles. The summed E-state index contributed by atoms with van der Waals surface area (Å²) >= 11 is 0. The van der Waals surface area contributed by atoms with Gasteiger partial charge in [-0.05, 0) is 6.07 Å². The second-order valence-electron chi connectivity index (χ2n) is 2.81. The van der Waals surface area contributed by atoms with Gasteiger partial charge in [-0.25, -0.2) is 4.79 Å². The Morgan fingerprint density at radius 2 is 2.00 bits per heavy atom. The van der Waals surface area contributed by atoms with E-state index >= 15 is 0 Å². The molecule has 76 valence electrons. The van der Waals surface area contributed by atoms with Crippen LogP contribution in [-0.4, -0.2) is 10.1 Å². The van der Waals surface area contributed by atoms with Gasteiger partial charge in [-0.3, -0.25) is 14.9 Å². The summed E-state index contributed by atoms with van der Waals surface area (Å²) in [4.78, 5) is 32.1. The molecule has 0 saturated heterocycles. The first kappa shape index (κ1) is 9.13. The maximum absolute atomic E-state index is 11.2. The molecule has 2 aromatic rings. The van der Waals surface area contributed by atoms with Gasteiger partial charge in [0.15, 0.2) is 0 Å². The van der Waals surface area contributed by atoms with Crippen molar-refractivity contribution in [2.75, 3.05) is 0 Å². The molecule has 0 fully saturated rings. The number of aromatic amines is 1. The number of benzene rings is 1. The highest BCUT2D eigenvalue weighted by atomic mass is 16.6. The lowest BCUT2D eigenvalue weighted by molar-refractivity contribution is -0.384. The molecule has 7 nitrogen and oxygen atoms in total. The summed E-state index contributed by atoms with van der Waals surface area (Å²) in [6, 6.07) is 3.37. The lowest BCUT2D eigenvalue weighted by atomic mass is 10.2. The normalized spacial score (nSPS) is 10.4. The Balaban J connectivity index is 2.94. The predicted octanol–water partition coefficient (Wildman–Crippen LogP) is 0.389. The second kappa shape index (κ2) is 3.05. The number of nitrogens with one attached hydrogen (secondary N) is 1. The van der Waals surface area contributed by atoms with Crippen LogP contribution in [0.4, 0.5) is 5.69 Å². The van der Waals surface area contributed by atoms with E-state index in [1.807, 2.05) is 5.16 Å². The third kappa shape index (κ3) is 1.39. The number of rotatable bonds is 1. The fraction of sp³-hybridized carbons (Fsp3) is 0. The summed E-state index contributed by atoms with van der Waals surface area (Å²) in [6.07, 6.45) is 0. The number of aromatic nitrogens is 1. The minimum absolute atomic E-state index is 0.0665. The smallest absolute Gasteiger partial charge is 0.335 e. The van der Waals surface area contributed by atoms with Crippen LogP contribution in [-0.2, 0) is 0 Å². The van der Waals surface area contributed by atoms with E-state index in [2.05, 4.69) is 4.52 Å². The van der Waals surface area contributed by atoms with Gasteiger partial charge in [0.05, 0.1) is 15.7 Å². The average molecular weight is 208 g/mol. The highest BCUT2D eigenvalue weighted by Gasteiger charge is 2.10. The van der Waals surface area contributed by atoms with Gasteiger partial charge in [0.2, 0.25) is 0 Å². The van der Waals surface area contributed by atoms with Crippen LogP contribution in [0.25, 0.3) is 10.8 Å². The molecule has 0 amide bonds. The Bertz CT molecular complexity index is 654. The molecule has 7 heteroatoms. The third-order valence-corrected chi connectivity index (χ3v) is 1.91. The Labute approximate surface area is 81.1 Å². The molecule has 0 aliphatic carbocycles. The molecule has 0 bridgehead atoms. The molecule has 1 heterocycles. The predicted molar refractivity (Wildman–Crippen MR) is 49.8 cm³/mol. The summed E-state index contributed by atoms with van der Waals surface area (Å²) in [7, 11) is 0. The number of nitro benzene ring substituents is 1. The van der Waals surface area contributed by atoms with Crippen molar-refractivity contribution in [1.29, 1.82) is 0 Å². The molecule has 0 unspecified atom stereocenters. The van der Waals surface area contributed by atoms with Gasteiger partial charge in [-0.1, -0.05) is 0 Å². The van der Waals surface area contributed by atoms with Crippen LogP contribution in [0.5, 0.6) is 0 Å². The molecule has 1 aromatic carbocycles. The largest absolute Gasteiger partial charge is 0.364 e. The molecular formula is C8H4N2O5. The van der Waals surface area contributed by atoms with Crippen molar-refractivity contribution in [3.05, 3.63) is 49.1 Å². The first-order chi connectivity index (χ1) is 7.09. The van der Waals surface area contributed by atoms with Crippen molar-refractivity contribution in [3.63, 3.8) is 0 Å². The molecule has 0 aliphatic heterocycles. The Kier molecular flexibility index (Phi) is 1.86. The summed E-state index contributed by atoms with van der Waals surface area (Å²) in [5.74, 6) is 0. The number of H-pyrrole nitrogens is 1. The van der Waals surface area contributed by atoms with Gasteiger partial charge >= 0.3 is 5.63 Å². The topological polar surface area (TPSA) is 106 Å². The van der Waals surface area contributed by atoms with Gasteiger partial charge in [0.1, 0.15) is 0 Å². The van der Waals surface area contributed by atoms with Crippen molar-refractivity contribution in [3.8, 4) is 0 Å². The highest BCUT2D eigenvalue weighted by molar-refractivity contribution is 5.82. The van der Waals surface area contributed by atoms with E-state index in [9.17, 15) is 19.7 Å². The number of hydrogen-bond donors (Lipinski definition) is 1. The van der Waals surface area contributed by atoms with Crippen molar-refractivity contribution in [2.45, 2.75) is 0 Å². The SMILES string of the molecule is O=c1[nH]oc(=O)c2cc([N+](=O)[O-])ccc12. The van der Waals surface area contributed by atoms with Crippen LogP contribution in [0, 0.1) is 10.1 Å². The Hall–Kier alpha value is -2.44. The second-order valence-corrected chi connectivity index (χ2v) is 2.81. The van der Waals surface area contributed by atoms with Crippen LogP contribution >= 0.6 is 0 Å². The first-order valence-electron chi connectivity index (χ1n) is 3.89. The lowest BCUT2D eigenvalue weighted by Gasteiger charge is -1.94. The van der Waals surface area contributed by atoms with E-state index in [1.165, 1.54) is 6.07 Å². The lowest BCUT2D eigenvalue weighted by Crippen LogP contribution is -2.13. The van der Waals surface area contributed by atoms with Crippen LogP contribution in [0.15, 0.2) is 32.3 Å². The van der Waals surface area contributed by atoms with Crippen molar-refractivity contribution < 1.29 is 9.45 Å². The molecule has 0 aliphatic rings. The first-order valence-corrected chi connectivity index (χ1v) is 3.89. The number of non-ortho nitro benzene ring substituents is 1. The molecule has 1 N–H and O–H groups in total.